The van der Waals surface area contributed by atoms with Crippen molar-refractivity contribution in [2.24, 2.45) is 0 Å². The number of hydrogen-bond donors (Lipinski definition) is 0. The lowest BCUT2D eigenvalue weighted by Crippen LogP contribution is -2.26. The Morgan fingerprint density at radius 2 is 1.73 bits per heavy atom. The quantitative estimate of drug-likeness (QED) is 0.338. The lowest BCUT2D eigenvalue weighted by atomic mass is 10.1. The minimum absolute atomic E-state index is 0.178. The normalized spacial score (nSPS) is 16.2. The number of ether oxygens (including phenoxy) is 1. The Morgan fingerprint density at radius 1 is 0.970 bits per heavy atom. The highest BCUT2D eigenvalue weighted by molar-refractivity contribution is 5.80. The predicted octanol–water partition coefficient (Wildman–Crippen LogP) is 6.02. The topological polar surface area (TPSA) is 47.4 Å². The fourth-order valence-electron chi connectivity index (χ4n) is 4.93. The molecule has 0 N–H and O–H groups in total. The van der Waals surface area contributed by atoms with E-state index in [1.54, 1.807) is 0 Å². The molecule has 5 heteroatoms. The summed E-state index contributed by atoms with van der Waals surface area (Å²) in [7, 11) is 0. The average Bonchev–Trinajstić information content (AvgIpc) is 3.36. The molecule has 1 unspecified atom stereocenters. The largest absolute Gasteiger partial charge is 0.493 e. The van der Waals surface area contributed by atoms with E-state index in [0.717, 1.165) is 56.0 Å². The van der Waals surface area contributed by atoms with E-state index < -0.39 is 0 Å². The zero-order valence-corrected chi connectivity index (χ0v) is 20.3. The van der Waals surface area contributed by atoms with Gasteiger partial charge >= 0.3 is 0 Å². The van der Waals surface area contributed by atoms with Crippen LogP contribution in [0.2, 0.25) is 0 Å². The number of carbonyl (C=O) groups is 1. The summed E-state index contributed by atoms with van der Waals surface area (Å²) in [6.45, 7) is 9.67. The van der Waals surface area contributed by atoms with Crippen LogP contribution in [-0.2, 0) is 11.3 Å². The molecule has 1 aromatic heterocycles. The highest BCUT2D eigenvalue weighted by Gasteiger charge is 2.33. The Kier molecular flexibility index (Phi) is 7.69. The van der Waals surface area contributed by atoms with E-state index in [1.807, 2.05) is 11.0 Å². The van der Waals surface area contributed by atoms with Crippen molar-refractivity contribution in [3.05, 3.63) is 59.4 Å². The predicted molar refractivity (Wildman–Crippen MR) is 134 cm³/mol. The zero-order chi connectivity index (χ0) is 23.2. The second-order valence-corrected chi connectivity index (χ2v) is 9.33. The van der Waals surface area contributed by atoms with E-state index in [0.29, 0.717) is 13.0 Å². The van der Waals surface area contributed by atoms with Crippen molar-refractivity contribution in [2.75, 3.05) is 19.7 Å². The molecule has 1 saturated heterocycles. The number of carbonyl (C=O) groups excluding carboxylic acids is 1. The van der Waals surface area contributed by atoms with Gasteiger partial charge in [0.1, 0.15) is 11.6 Å². The highest BCUT2D eigenvalue weighted by atomic mass is 16.5. The summed E-state index contributed by atoms with van der Waals surface area (Å²) in [5.74, 6) is 2.53. The van der Waals surface area contributed by atoms with Crippen LogP contribution in [-0.4, -0.2) is 40.1 Å². The van der Waals surface area contributed by atoms with Gasteiger partial charge in [0, 0.05) is 32.0 Å². The van der Waals surface area contributed by atoms with Gasteiger partial charge in [-0.15, -0.1) is 0 Å². The second-order valence-electron chi connectivity index (χ2n) is 9.33. The number of imidazole rings is 1. The minimum atomic E-state index is 0.178. The van der Waals surface area contributed by atoms with Gasteiger partial charge in [-0.1, -0.05) is 50.1 Å². The maximum absolute atomic E-state index is 12.6. The van der Waals surface area contributed by atoms with Crippen LogP contribution < -0.4 is 4.74 Å². The molecule has 0 bridgehead atoms. The van der Waals surface area contributed by atoms with Crippen molar-refractivity contribution in [1.29, 1.82) is 0 Å². The van der Waals surface area contributed by atoms with Crippen molar-refractivity contribution >= 4 is 16.9 Å². The Hall–Kier alpha value is -2.82. The number of aryl methyl sites for hydroxylation is 3. The lowest BCUT2D eigenvalue weighted by Gasteiger charge is -2.17. The molecule has 2 aromatic carbocycles. The van der Waals surface area contributed by atoms with Gasteiger partial charge in [0.2, 0.25) is 5.91 Å². The van der Waals surface area contributed by atoms with E-state index in [-0.39, 0.29) is 11.8 Å². The van der Waals surface area contributed by atoms with Gasteiger partial charge in [-0.3, -0.25) is 4.79 Å². The molecule has 5 nitrogen and oxygen atoms in total. The Labute approximate surface area is 197 Å². The summed E-state index contributed by atoms with van der Waals surface area (Å²) in [4.78, 5) is 19.7. The third-order valence-corrected chi connectivity index (χ3v) is 6.73. The number of nitrogens with zero attached hydrogens (tertiary/aromatic N) is 3. The van der Waals surface area contributed by atoms with Crippen molar-refractivity contribution in [1.82, 2.24) is 14.5 Å². The third kappa shape index (κ3) is 5.40. The van der Waals surface area contributed by atoms with E-state index in [4.69, 9.17) is 9.72 Å². The van der Waals surface area contributed by atoms with Gasteiger partial charge < -0.3 is 14.2 Å². The van der Waals surface area contributed by atoms with E-state index in [1.165, 1.54) is 29.5 Å². The van der Waals surface area contributed by atoms with Crippen molar-refractivity contribution in [3.63, 3.8) is 0 Å². The van der Waals surface area contributed by atoms with Gasteiger partial charge in [0.05, 0.1) is 17.6 Å². The SMILES string of the molecule is CCCCCN1CC(c2nc3ccccc3n2CCCCOc2c(C)cccc2C)CC1=O. The molecule has 4 rings (SSSR count). The molecule has 0 saturated carbocycles. The van der Waals surface area contributed by atoms with Crippen LogP contribution in [0, 0.1) is 13.8 Å². The van der Waals surface area contributed by atoms with Crippen molar-refractivity contribution in [2.45, 2.75) is 71.8 Å². The Balaban J connectivity index is 1.41. The van der Waals surface area contributed by atoms with E-state index >= 15 is 0 Å². The summed E-state index contributed by atoms with van der Waals surface area (Å²) in [6.07, 6.45) is 6.01. The smallest absolute Gasteiger partial charge is 0.223 e. The summed E-state index contributed by atoms with van der Waals surface area (Å²) in [5, 5.41) is 0. The first-order chi connectivity index (χ1) is 16.1. The molecule has 1 atom stereocenters. The fourth-order valence-corrected chi connectivity index (χ4v) is 4.93. The van der Waals surface area contributed by atoms with Crippen molar-refractivity contribution < 1.29 is 9.53 Å². The number of benzene rings is 2. The second kappa shape index (κ2) is 10.9. The maximum Gasteiger partial charge on any atom is 0.223 e. The molecule has 3 aromatic rings. The van der Waals surface area contributed by atoms with Gasteiger partial charge in [-0.05, 0) is 56.4 Å². The number of aromatic nitrogens is 2. The number of likely N-dealkylation sites (tertiary alicyclic amines) is 1. The molecule has 2 heterocycles. The van der Waals surface area contributed by atoms with Crippen LogP contribution in [0.4, 0.5) is 0 Å². The lowest BCUT2D eigenvalue weighted by molar-refractivity contribution is -0.127. The highest BCUT2D eigenvalue weighted by Crippen LogP contribution is 2.31. The summed E-state index contributed by atoms with van der Waals surface area (Å²) >= 11 is 0. The van der Waals surface area contributed by atoms with Gasteiger partial charge in [-0.2, -0.15) is 0 Å². The van der Waals surface area contributed by atoms with Crippen LogP contribution >= 0.6 is 0 Å². The third-order valence-electron chi connectivity index (χ3n) is 6.73. The first-order valence-electron chi connectivity index (χ1n) is 12.5. The molecule has 33 heavy (non-hydrogen) atoms. The summed E-state index contributed by atoms with van der Waals surface area (Å²) in [6, 6.07) is 14.6. The first-order valence-corrected chi connectivity index (χ1v) is 12.5. The standard InChI is InChI=1S/C28H37N3O2/c1-4-5-8-16-30-20-23(19-26(30)32)28-29-24-14-6-7-15-25(24)31(28)17-9-10-18-33-27-21(2)12-11-13-22(27)3/h6-7,11-15,23H,4-5,8-10,16-20H2,1-3H3. The zero-order valence-electron chi connectivity index (χ0n) is 20.3. The number of fused-ring (bicyclic) bond motifs is 1. The molecule has 1 aliphatic rings. The number of unbranched alkanes of at least 4 members (excludes halogenated alkanes) is 3. The molecule has 1 amide bonds. The molecule has 176 valence electrons. The van der Waals surface area contributed by atoms with Crippen molar-refractivity contribution in [3.8, 4) is 5.75 Å². The van der Waals surface area contributed by atoms with Crippen LogP contribution in [0.1, 0.15) is 68.3 Å². The first kappa shape index (κ1) is 23.3. The van der Waals surface area contributed by atoms with E-state index in [2.05, 4.69) is 61.7 Å². The number of amides is 1. The van der Waals surface area contributed by atoms with Gasteiger partial charge in [0.15, 0.2) is 0 Å². The van der Waals surface area contributed by atoms with Crippen LogP contribution in [0.25, 0.3) is 11.0 Å². The molecule has 1 aliphatic heterocycles. The van der Waals surface area contributed by atoms with Crippen LogP contribution in [0.3, 0.4) is 0 Å². The minimum Gasteiger partial charge on any atom is -0.493 e. The van der Waals surface area contributed by atoms with Crippen LogP contribution in [0.5, 0.6) is 5.75 Å². The summed E-state index contributed by atoms with van der Waals surface area (Å²) in [5.41, 5.74) is 4.57. The van der Waals surface area contributed by atoms with Gasteiger partial charge in [0.25, 0.3) is 0 Å². The molecule has 1 fully saturated rings. The Bertz CT molecular complexity index is 1070. The number of hydrogen-bond acceptors (Lipinski definition) is 3. The van der Waals surface area contributed by atoms with E-state index in [9.17, 15) is 4.79 Å². The number of rotatable bonds is 11. The monoisotopic (exact) mass is 447 g/mol. The Morgan fingerprint density at radius 3 is 2.52 bits per heavy atom. The average molecular weight is 448 g/mol. The molecule has 0 spiro atoms. The molecular weight excluding hydrogens is 410 g/mol. The molecule has 0 radical (unpaired) electrons. The molecular formula is C28H37N3O2. The summed E-state index contributed by atoms with van der Waals surface area (Å²) < 4.78 is 8.45. The maximum atomic E-state index is 12.6. The number of para-hydroxylation sites is 3. The van der Waals surface area contributed by atoms with Gasteiger partial charge in [-0.25, -0.2) is 4.98 Å². The fraction of sp³-hybridized carbons (Fsp3) is 0.500. The molecule has 0 aliphatic carbocycles. The van der Waals surface area contributed by atoms with Crippen LogP contribution in [0.15, 0.2) is 42.5 Å².